The van der Waals surface area contributed by atoms with Gasteiger partial charge in [0.2, 0.25) is 0 Å². The van der Waals surface area contributed by atoms with Crippen molar-refractivity contribution >= 4 is 11.9 Å². The third-order valence-electron chi connectivity index (χ3n) is 4.09. The Morgan fingerprint density at radius 3 is 2.39 bits per heavy atom. The van der Waals surface area contributed by atoms with Crippen LogP contribution in [0.3, 0.4) is 0 Å². The van der Waals surface area contributed by atoms with Crippen LogP contribution in [0.5, 0.6) is 11.5 Å². The van der Waals surface area contributed by atoms with Gasteiger partial charge in [0.15, 0.2) is 11.5 Å². The number of benzene rings is 3. The van der Waals surface area contributed by atoms with Crippen molar-refractivity contribution in [1.82, 2.24) is 0 Å². The third kappa shape index (κ3) is 5.17. The van der Waals surface area contributed by atoms with Crippen molar-refractivity contribution < 1.29 is 14.4 Å². The molecule has 0 atom stereocenters. The molecule has 0 bridgehead atoms. The smallest absolute Gasteiger partial charge is 0.269 e. The second-order valence-corrected chi connectivity index (χ2v) is 6.08. The van der Waals surface area contributed by atoms with Gasteiger partial charge in [0, 0.05) is 18.3 Å². The molecule has 0 heterocycles. The minimum Gasteiger partial charge on any atom is -0.493 e. The summed E-state index contributed by atoms with van der Waals surface area (Å²) in [6.45, 7) is 0.900. The van der Waals surface area contributed by atoms with E-state index in [4.69, 9.17) is 9.47 Å². The Kier molecular flexibility index (Phi) is 6.36. The van der Waals surface area contributed by atoms with Gasteiger partial charge in [-0.25, -0.2) is 0 Å². The largest absolute Gasteiger partial charge is 0.493 e. The van der Waals surface area contributed by atoms with Crippen LogP contribution in [0.2, 0.25) is 0 Å². The molecule has 0 fully saturated rings. The second-order valence-electron chi connectivity index (χ2n) is 6.08. The van der Waals surface area contributed by atoms with Gasteiger partial charge in [0.25, 0.3) is 5.69 Å². The highest BCUT2D eigenvalue weighted by atomic mass is 16.6. The van der Waals surface area contributed by atoms with Gasteiger partial charge in [-0.1, -0.05) is 30.3 Å². The van der Waals surface area contributed by atoms with Crippen LogP contribution in [0.4, 0.5) is 5.69 Å². The zero-order valence-corrected chi connectivity index (χ0v) is 15.4. The normalized spacial score (nSPS) is 10.8. The van der Waals surface area contributed by atoms with Crippen molar-refractivity contribution in [2.24, 2.45) is 4.99 Å². The summed E-state index contributed by atoms with van der Waals surface area (Å²) in [4.78, 5) is 14.7. The van der Waals surface area contributed by atoms with E-state index in [1.165, 1.54) is 12.1 Å². The average molecular weight is 376 g/mol. The van der Waals surface area contributed by atoms with Crippen molar-refractivity contribution in [2.75, 3.05) is 7.11 Å². The van der Waals surface area contributed by atoms with Crippen LogP contribution in [0.1, 0.15) is 16.7 Å². The number of rotatable bonds is 8. The van der Waals surface area contributed by atoms with Gasteiger partial charge in [-0.05, 0) is 47.0 Å². The molecule has 3 aromatic carbocycles. The lowest BCUT2D eigenvalue weighted by molar-refractivity contribution is -0.384. The Balaban J connectivity index is 1.63. The summed E-state index contributed by atoms with van der Waals surface area (Å²) < 4.78 is 11.2. The Hall–Kier alpha value is -3.67. The molecular weight excluding hydrogens is 356 g/mol. The van der Waals surface area contributed by atoms with Crippen molar-refractivity contribution in [1.29, 1.82) is 0 Å². The van der Waals surface area contributed by atoms with Crippen LogP contribution in [0.15, 0.2) is 77.8 Å². The van der Waals surface area contributed by atoms with E-state index in [1.807, 2.05) is 48.5 Å². The van der Waals surface area contributed by atoms with E-state index >= 15 is 0 Å². The summed E-state index contributed by atoms with van der Waals surface area (Å²) in [6, 6.07) is 21.9. The molecule has 3 rings (SSSR count). The predicted molar refractivity (Wildman–Crippen MR) is 108 cm³/mol. The molecule has 0 aliphatic heterocycles. The average Bonchev–Trinajstić information content (AvgIpc) is 2.73. The highest BCUT2D eigenvalue weighted by molar-refractivity contribution is 5.80. The lowest BCUT2D eigenvalue weighted by atomic mass is 10.2. The molecule has 0 N–H and O–H groups in total. The van der Waals surface area contributed by atoms with Gasteiger partial charge < -0.3 is 9.47 Å². The molecule has 0 amide bonds. The molecule has 142 valence electrons. The standard InChI is InChI=1S/C22H20N2O4/c1-27-22-13-19(15-23-14-17-5-3-2-4-6-17)9-12-21(22)28-16-18-7-10-20(11-8-18)24(25)26/h2-13,15H,14,16H2,1H3. The molecule has 28 heavy (non-hydrogen) atoms. The molecule has 0 saturated carbocycles. The molecule has 0 radical (unpaired) electrons. The number of ether oxygens (including phenoxy) is 2. The van der Waals surface area contributed by atoms with Gasteiger partial charge in [-0.3, -0.25) is 15.1 Å². The van der Waals surface area contributed by atoms with Gasteiger partial charge >= 0.3 is 0 Å². The Morgan fingerprint density at radius 2 is 1.71 bits per heavy atom. The highest BCUT2D eigenvalue weighted by Crippen LogP contribution is 2.28. The molecular formula is C22H20N2O4. The van der Waals surface area contributed by atoms with E-state index in [2.05, 4.69) is 4.99 Å². The first-order chi connectivity index (χ1) is 13.7. The zero-order valence-electron chi connectivity index (χ0n) is 15.4. The number of hydrogen-bond acceptors (Lipinski definition) is 5. The van der Waals surface area contributed by atoms with E-state index in [0.717, 1.165) is 16.7 Å². The first kappa shape index (κ1) is 19.1. The van der Waals surface area contributed by atoms with Crippen molar-refractivity contribution in [3.8, 4) is 11.5 Å². The zero-order chi connectivity index (χ0) is 19.8. The number of non-ortho nitro benzene ring substituents is 1. The fraction of sp³-hybridized carbons (Fsp3) is 0.136. The molecule has 6 nitrogen and oxygen atoms in total. The maximum atomic E-state index is 10.7. The molecule has 0 saturated heterocycles. The van der Waals surface area contributed by atoms with Gasteiger partial charge in [0.05, 0.1) is 18.6 Å². The minimum atomic E-state index is -0.425. The summed E-state index contributed by atoms with van der Waals surface area (Å²) in [5, 5.41) is 10.7. The SMILES string of the molecule is COc1cc(C=NCc2ccccc2)ccc1OCc1ccc([N+](=O)[O-])cc1. The summed E-state index contributed by atoms with van der Waals surface area (Å²) in [5.74, 6) is 1.20. The summed E-state index contributed by atoms with van der Waals surface area (Å²) in [6.07, 6.45) is 1.80. The molecule has 0 spiro atoms. The number of methoxy groups -OCH3 is 1. The minimum absolute atomic E-state index is 0.0560. The Labute approximate surface area is 163 Å². The van der Waals surface area contributed by atoms with Crippen LogP contribution < -0.4 is 9.47 Å². The van der Waals surface area contributed by atoms with Gasteiger partial charge in [-0.2, -0.15) is 0 Å². The molecule has 0 aliphatic rings. The first-order valence-electron chi connectivity index (χ1n) is 8.73. The molecule has 0 unspecified atom stereocenters. The van der Waals surface area contributed by atoms with E-state index < -0.39 is 4.92 Å². The maximum absolute atomic E-state index is 10.7. The Bertz CT molecular complexity index is 954. The van der Waals surface area contributed by atoms with Gasteiger partial charge in [-0.15, -0.1) is 0 Å². The molecule has 3 aromatic rings. The van der Waals surface area contributed by atoms with Crippen LogP contribution in [-0.2, 0) is 13.2 Å². The van der Waals surface area contributed by atoms with Crippen molar-refractivity contribution in [3.63, 3.8) is 0 Å². The maximum Gasteiger partial charge on any atom is 0.269 e. The fourth-order valence-corrected chi connectivity index (χ4v) is 2.60. The van der Waals surface area contributed by atoms with Crippen LogP contribution in [0, 0.1) is 10.1 Å². The first-order valence-corrected chi connectivity index (χ1v) is 8.73. The lowest BCUT2D eigenvalue weighted by Gasteiger charge is -2.11. The third-order valence-corrected chi connectivity index (χ3v) is 4.09. The number of nitro benzene ring substituents is 1. The topological polar surface area (TPSA) is 74.0 Å². The summed E-state index contributed by atoms with van der Waals surface area (Å²) >= 11 is 0. The van der Waals surface area contributed by atoms with E-state index in [-0.39, 0.29) is 12.3 Å². The Morgan fingerprint density at radius 1 is 0.964 bits per heavy atom. The fourth-order valence-electron chi connectivity index (χ4n) is 2.60. The van der Waals surface area contributed by atoms with Crippen LogP contribution >= 0.6 is 0 Å². The van der Waals surface area contributed by atoms with Crippen molar-refractivity contribution in [3.05, 3.63) is 99.6 Å². The lowest BCUT2D eigenvalue weighted by Crippen LogP contribution is -1.99. The van der Waals surface area contributed by atoms with Crippen LogP contribution in [0.25, 0.3) is 0 Å². The van der Waals surface area contributed by atoms with Gasteiger partial charge in [0.1, 0.15) is 6.61 Å². The van der Waals surface area contributed by atoms with E-state index in [0.29, 0.717) is 18.0 Å². The van der Waals surface area contributed by atoms with E-state index in [1.54, 1.807) is 25.5 Å². The molecule has 0 aromatic heterocycles. The second kappa shape index (κ2) is 9.32. The van der Waals surface area contributed by atoms with Crippen molar-refractivity contribution in [2.45, 2.75) is 13.2 Å². The monoisotopic (exact) mass is 376 g/mol. The number of aliphatic imine (C=N–C) groups is 1. The highest BCUT2D eigenvalue weighted by Gasteiger charge is 2.07. The number of hydrogen-bond donors (Lipinski definition) is 0. The van der Waals surface area contributed by atoms with Crippen LogP contribution in [-0.4, -0.2) is 18.2 Å². The number of nitrogens with zero attached hydrogens (tertiary/aromatic N) is 2. The summed E-state index contributed by atoms with van der Waals surface area (Å²) in [5.41, 5.74) is 2.95. The molecule has 6 heteroatoms. The van der Waals surface area contributed by atoms with E-state index in [9.17, 15) is 10.1 Å². The quantitative estimate of drug-likeness (QED) is 0.321. The number of nitro groups is 1. The molecule has 0 aliphatic carbocycles. The predicted octanol–water partition coefficient (Wildman–Crippen LogP) is 4.80. The summed E-state index contributed by atoms with van der Waals surface area (Å²) in [7, 11) is 1.58.